The molecule has 0 aliphatic heterocycles. The fraction of sp³-hybridized carbons (Fsp3) is 0.571. The van der Waals surface area contributed by atoms with Crippen LogP contribution in [0.25, 0.3) is 0 Å². The number of rotatable bonds is 11. The van der Waals surface area contributed by atoms with E-state index in [4.69, 9.17) is 16.5 Å². The zero-order chi connectivity index (χ0) is 18.5. The van der Waals surface area contributed by atoms with Crippen molar-refractivity contribution in [2.24, 2.45) is 0 Å². The first-order valence-corrected chi connectivity index (χ1v) is 20.7. The van der Waals surface area contributed by atoms with Gasteiger partial charge in [-0.15, -0.1) is 19.7 Å². The molecule has 0 N–H and O–H groups in total. The van der Waals surface area contributed by atoms with E-state index in [0.29, 0.717) is 0 Å². The van der Waals surface area contributed by atoms with E-state index < -0.39 is 43.0 Å². The molecule has 1 unspecified atom stereocenters. The lowest BCUT2D eigenvalue weighted by atomic mass is 11.3. The van der Waals surface area contributed by atoms with Crippen molar-refractivity contribution in [2.75, 3.05) is 0 Å². The van der Waals surface area contributed by atoms with Crippen LogP contribution in [0, 0.1) is 0 Å². The largest absolute Gasteiger partial charge is 0.433 e. The first-order valence-electron chi connectivity index (χ1n) is 7.72. The Bertz CT molecular complexity index is 439. The van der Waals surface area contributed by atoms with E-state index in [-0.39, 0.29) is 0 Å². The van der Waals surface area contributed by atoms with Gasteiger partial charge >= 0.3 is 26.4 Å². The predicted molar refractivity (Wildman–Crippen MR) is 111 cm³/mol. The Hall–Kier alpha value is 0.144. The topological polar surface area (TPSA) is 36.9 Å². The van der Waals surface area contributed by atoms with Crippen LogP contribution in [0.1, 0.15) is 0 Å². The van der Waals surface area contributed by atoms with Crippen molar-refractivity contribution in [1.29, 1.82) is 0 Å². The first kappa shape index (κ1) is 23.1. The second-order valence-electron chi connectivity index (χ2n) is 7.13. The van der Waals surface area contributed by atoms with Crippen LogP contribution in [0.2, 0.25) is 52.4 Å². The highest BCUT2D eigenvalue weighted by molar-refractivity contribution is 6.90. The normalized spacial score (nSPS) is 16.0. The molecule has 4 nitrogen and oxygen atoms in total. The quantitative estimate of drug-likeness (QED) is 0.473. The molecule has 0 aliphatic rings. The summed E-state index contributed by atoms with van der Waals surface area (Å²) in [5.74, 6) is 0. The summed E-state index contributed by atoms with van der Waals surface area (Å²) in [6, 6.07) is 0. The van der Waals surface area contributed by atoms with E-state index in [0.717, 1.165) is 0 Å². The van der Waals surface area contributed by atoms with E-state index in [9.17, 15) is 0 Å². The van der Waals surface area contributed by atoms with Gasteiger partial charge in [-0.25, -0.2) is 0 Å². The maximum atomic E-state index is 6.26. The summed E-state index contributed by atoms with van der Waals surface area (Å²) < 4.78 is 24.9. The summed E-state index contributed by atoms with van der Waals surface area (Å²) in [5.41, 5.74) is 5.66. The maximum absolute atomic E-state index is 6.26. The average Bonchev–Trinajstić information content (AvgIpc) is 2.35. The lowest BCUT2D eigenvalue weighted by Crippen LogP contribution is -2.53. The summed E-state index contributed by atoms with van der Waals surface area (Å²) in [5, 5.41) is 0. The molecule has 0 amide bonds. The fourth-order valence-electron chi connectivity index (χ4n) is 2.02. The highest BCUT2D eigenvalue weighted by Gasteiger charge is 2.40. The van der Waals surface area contributed by atoms with Crippen LogP contribution >= 0.6 is 0 Å². The molecule has 0 bridgehead atoms. The van der Waals surface area contributed by atoms with Crippen LogP contribution < -0.4 is 0 Å². The van der Waals surface area contributed by atoms with Gasteiger partial charge < -0.3 is 16.5 Å². The highest BCUT2D eigenvalue weighted by atomic mass is 28.5. The van der Waals surface area contributed by atoms with Gasteiger partial charge in [0.2, 0.25) is 0 Å². The molecule has 0 saturated carbocycles. The van der Waals surface area contributed by atoms with Gasteiger partial charge in [-0.05, 0) is 52.4 Å². The van der Waals surface area contributed by atoms with Crippen molar-refractivity contribution >= 4 is 43.0 Å². The molecule has 0 aromatic rings. The predicted octanol–water partition coefficient (Wildman–Crippen LogP) is 4.53. The second kappa shape index (κ2) is 8.49. The lowest BCUT2D eigenvalue weighted by Gasteiger charge is -2.36. The summed E-state index contributed by atoms with van der Waals surface area (Å²) in [4.78, 5) is 0. The monoisotopic (exact) mass is 405 g/mol. The van der Waals surface area contributed by atoms with Gasteiger partial charge in [-0.3, -0.25) is 0 Å². The van der Waals surface area contributed by atoms with Crippen molar-refractivity contribution in [3.63, 3.8) is 0 Å². The molecule has 133 valence electrons. The molecule has 1 atom stereocenters. The summed E-state index contributed by atoms with van der Waals surface area (Å²) in [6.07, 6.45) is 0. The fourth-order valence-corrected chi connectivity index (χ4v) is 19.3. The van der Waals surface area contributed by atoms with Gasteiger partial charge in [0.15, 0.2) is 16.6 Å². The molecule has 0 rings (SSSR count). The summed E-state index contributed by atoms with van der Waals surface area (Å²) in [6.45, 7) is 28.2. The minimum Gasteiger partial charge on any atom is -0.433 e. The van der Waals surface area contributed by atoms with Gasteiger partial charge in [0.1, 0.15) is 0 Å². The van der Waals surface area contributed by atoms with Gasteiger partial charge in [-0.1, -0.05) is 17.1 Å². The molecule has 0 aromatic heterocycles. The van der Waals surface area contributed by atoms with Crippen LogP contribution in [-0.2, 0) is 16.5 Å². The van der Waals surface area contributed by atoms with E-state index in [1.165, 1.54) is 0 Å². The van der Waals surface area contributed by atoms with E-state index >= 15 is 0 Å². The molecular formula is C14H33O4Si5. The average molecular weight is 406 g/mol. The van der Waals surface area contributed by atoms with Gasteiger partial charge in [0, 0.05) is 0 Å². The van der Waals surface area contributed by atoms with Gasteiger partial charge in [0.05, 0.1) is 0 Å². The maximum Gasteiger partial charge on any atom is 0.362 e. The molecule has 9 heteroatoms. The zero-order valence-electron chi connectivity index (χ0n) is 16.0. The van der Waals surface area contributed by atoms with Crippen molar-refractivity contribution < 1.29 is 16.5 Å². The van der Waals surface area contributed by atoms with Crippen LogP contribution in [-0.4, -0.2) is 43.0 Å². The van der Waals surface area contributed by atoms with Crippen LogP contribution in [0.3, 0.4) is 0 Å². The molecule has 0 saturated heterocycles. The Morgan fingerprint density at radius 1 is 0.696 bits per heavy atom. The molecule has 0 aromatic carbocycles. The minimum atomic E-state index is -2.48. The van der Waals surface area contributed by atoms with Crippen molar-refractivity contribution in [2.45, 2.75) is 52.4 Å². The molecule has 0 aliphatic carbocycles. The van der Waals surface area contributed by atoms with Crippen molar-refractivity contribution in [1.82, 2.24) is 0 Å². The molecular weight excluding hydrogens is 373 g/mol. The highest BCUT2D eigenvalue weighted by Crippen LogP contribution is 2.22. The summed E-state index contributed by atoms with van der Waals surface area (Å²) in [7, 11) is -10.1. The molecule has 0 fully saturated rings. The van der Waals surface area contributed by atoms with E-state index in [2.05, 4.69) is 59.0 Å². The summed E-state index contributed by atoms with van der Waals surface area (Å²) >= 11 is 0. The Labute approximate surface area is 148 Å². The zero-order valence-corrected chi connectivity index (χ0v) is 21.0. The standard InChI is InChI=1S/C14H33O4Si5/c1-12-20(5,6)17-22(9,10)15-19(4)16-23(11,14-3)18-21(7,8)13-2/h12-14H,1-3H2,4-11H3. The van der Waals surface area contributed by atoms with Crippen LogP contribution in [0.15, 0.2) is 36.8 Å². The third-order valence-corrected chi connectivity index (χ3v) is 19.5. The number of hydrogen-bond donors (Lipinski definition) is 0. The van der Waals surface area contributed by atoms with Crippen molar-refractivity contribution in [3.05, 3.63) is 36.8 Å². The number of hydrogen-bond acceptors (Lipinski definition) is 4. The van der Waals surface area contributed by atoms with Gasteiger partial charge in [0.25, 0.3) is 0 Å². The Balaban J connectivity index is 4.90. The molecule has 1 radical (unpaired) electrons. The third kappa shape index (κ3) is 9.26. The lowest BCUT2D eigenvalue weighted by molar-refractivity contribution is 0.324. The SMILES string of the molecule is C=C[Si](C)(C)O[Si](C)(C)O[Si](C)O[Si](C)(C=C)O[Si](C)(C)C=C. The van der Waals surface area contributed by atoms with Gasteiger partial charge in [-0.2, -0.15) is 0 Å². The smallest absolute Gasteiger partial charge is 0.362 e. The second-order valence-corrected chi connectivity index (χ2v) is 23.9. The third-order valence-electron chi connectivity index (χ3n) is 3.06. The molecule has 0 spiro atoms. The Morgan fingerprint density at radius 3 is 1.52 bits per heavy atom. The van der Waals surface area contributed by atoms with E-state index in [1.54, 1.807) is 0 Å². The minimum absolute atomic E-state index is 1.50. The Kier molecular flexibility index (Phi) is 8.55. The van der Waals surface area contributed by atoms with Crippen molar-refractivity contribution in [3.8, 4) is 0 Å². The first-order chi connectivity index (χ1) is 10.2. The van der Waals surface area contributed by atoms with Crippen LogP contribution in [0.4, 0.5) is 0 Å². The molecule has 0 heterocycles. The Morgan fingerprint density at radius 2 is 1.13 bits per heavy atom. The van der Waals surface area contributed by atoms with E-state index in [1.807, 2.05) is 30.2 Å². The van der Waals surface area contributed by atoms with Crippen LogP contribution in [0.5, 0.6) is 0 Å². The molecule has 23 heavy (non-hydrogen) atoms.